The van der Waals surface area contributed by atoms with Gasteiger partial charge < -0.3 is 0 Å². The first-order valence-corrected chi connectivity index (χ1v) is 9.96. The molecule has 0 bridgehead atoms. The van der Waals surface area contributed by atoms with E-state index in [1.54, 1.807) is 6.92 Å². The van der Waals surface area contributed by atoms with Gasteiger partial charge in [0, 0.05) is 24.7 Å². The minimum Gasteiger partial charge on any atom is -0.300 e. The second kappa shape index (κ2) is 5.37. The molecule has 0 unspecified atom stereocenters. The summed E-state index contributed by atoms with van der Waals surface area (Å²) in [4.78, 5) is 37.6. The molecule has 3 nitrogen and oxygen atoms in total. The molecule has 0 amide bonds. The molecule has 0 aromatic heterocycles. The quantitative estimate of drug-likeness (QED) is 0.719. The molecule has 0 N–H and O–H groups in total. The number of rotatable bonds is 1. The monoisotopic (exact) mass is 342 g/mol. The van der Waals surface area contributed by atoms with Crippen LogP contribution in [0.2, 0.25) is 0 Å². The zero-order chi connectivity index (χ0) is 18.1. The normalized spacial score (nSPS) is 49.1. The molecular weight excluding hydrogens is 312 g/mol. The van der Waals surface area contributed by atoms with Crippen LogP contribution in [0, 0.1) is 40.4 Å². The molecule has 0 spiro atoms. The van der Waals surface area contributed by atoms with Gasteiger partial charge in [-0.1, -0.05) is 26.3 Å². The standard InChI is InChI=1S/C22H30O3/c1-12-9-15-17-6-5-16(13(2)23)22(17,4)11-19(25)20(15)21(3)8-7-14(24)10-18(12)21/h10,12,15-17,20H,5-9,11H2,1-4H3/t12-,15-,16+,17-,20+,21+,22+/m1/s1. The molecule has 0 aromatic carbocycles. The summed E-state index contributed by atoms with van der Waals surface area (Å²) in [5, 5.41) is 0. The number of hydrogen-bond donors (Lipinski definition) is 0. The molecular formula is C22H30O3. The minimum atomic E-state index is -0.150. The first-order chi connectivity index (χ1) is 11.7. The van der Waals surface area contributed by atoms with E-state index in [1.165, 1.54) is 5.57 Å². The SMILES string of the molecule is CC(=O)[C@@H]1CC[C@@H]2[C@H]3C[C@@H](C)C4=CC(=O)CC[C@]4(C)[C@@H]3C(=O)C[C@]21C. The average molecular weight is 342 g/mol. The third-order valence-electron chi connectivity index (χ3n) is 8.46. The van der Waals surface area contributed by atoms with Gasteiger partial charge in [0.05, 0.1) is 0 Å². The maximum Gasteiger partial charge on any atom is 0.155 e. The van der Waals surface area contributed by atoms with Gasteiger partial charge in [0.25, 0.3) is 0 Å². The Bertz CT molecular complexity index is 689. The van der Waals surface area contributed by atoms with Crippen molar-refractivity contribution >= 4 is 17.3 Å². The smallest absolute Gasteiger partial charge is 0.155 e. The Morgan fingerprint density at radius 1 is 1.20 bits per heavy atom. The molecule has 4 aliphatic carbocycles. The number of carbonyl (C=O) groups is 3. The van der Waals surface area contributed by atoms with E-state index in [0.29, 0.717) is 36.4 Å². The molecule has 4 aliphatic rings. The van der Waals surface area contributed by atoms with Crippen LogP contribution >= 0.6 is 0 Å². The minimum absolute atomic E-state index is 0.0480. The highest BCUT2D eigenvalue weighted by atomic mass is 16.1. The van der Waals surface area contributed by atoms with Crippen molar-refractivity contribution < 1.29 is 14.4 Å². The Morgan fingerprint density at radius 3 is 2.60 bits per heavy atom. The van der Waals surface area contributed by atoms with Crippen LogP contribution in [-0.4, -0.2) is 17.3 Å². The number of hydrogen-bond acceptors (Lipinski definition) is 3. The number of ketones is 3. The fourth-order valence-corrected chi connectivity index (χ4v) is 7.49. The van der Waals surface area contributed by atoms with Crippen LogP contribution in [0.15, 0.2) is 11.6 Å². The van der Waals surface area contributed by atoms with Crippen molar-refractivity contribution in [3.8, 4) is 0 Å². The highest BCUT2D eigenvalue weighted by molar-refractivity contribution is 5.93. The second-order valence-corrected chi connectivity index (χ2v) is 9.76. The van der Waals surface area contributed by atoms with Gasteiger partial charge in [0.15, 0.2) is 5.78 Å². The largest absolute Gasteiger partial charge is 0.300 e. The van der Waals surface area contributed by atoms with E-state index in [9.17, 15) is 14.4 Å². The first kappa shape index (κ1) is 17.2. The molecule has 3 heteroatoms. The molecule has 0 aliphatic heterocycles. The number of carbonyl (C=O) groups excluding carboxylic acids is 3. The third-order valence-corrected chi connectivity index (χ3v) is 8.46. The van der Waals surface area contributed by atoms with Crippen molar-refractivity contribution in [3.63, 3.8) is 0 Å². The average Bonchev–Trinajstić information content (AvgIpc) is 2.85. The molecule has 3 saturated carbocycles. The summed E-state index contributed by atoms with van der Waals surface area (Å²) in [5.41, 5.74) is 0.928. The van der Waals surface area contributed by atoms with Gasteiger partial charge in [-0.25, -0.2) is 0 Å². The highest BCUT2D eigenvalue weighted by Crippen LogP contribution is 2.66. The van der Waals surface area contributed by atoms with Crippen LogP contribution in [0.4, 0.5) is 0 Å². The van der Waals surface area contributed by atoms with Crippen LogP contribution in [0.5, 0.6) is 0 Å². The second-order valence-electron chi connectivity index (χ2n) is 9.76. The lowest BCUT2D eigenvalue weighted by Crippen LogP contribution is -2.56. The van der Waals surface area contributed by atoms with Crippen molar-refractivity contribution in [1.29, 1.82) is 0 Å². The molecule has 4 rings (SSSR count). The Balaban J connectivity index is 1.77. The van der Waals surface area contributed by atoms with Gasteiger partial charge in [-0.2, -0.15) is 0 Å². The Hall–Kier alpha value is -1.25. The van der Waals surface area contributed by atoms with E-state index in [0.717, 1.165) is 25.7 Å². The molecule has 0 heterocycles. The summed E-state index contributed by atoms with van der Waals surface area (Å²) >= 11 is 0. The van der Waals surface area contributed by atoms with Crippen LogP contribution in [0.1, 0.15) is 66.2 Å². The van der Waals surface area contributed by atoms with Crippen molar-refractivity contribution in [1.82, 2.24) is 0 Å². The zero-order valence-electron chi connectivity index (χ0n) is 15.9. The summed E-state index contributed by atoms with van der Waals surface area (Å²) in [6, 6.07) is 0. The maximum atomic E-state index is 13.4. The Labute approximate surface area is 150 Å². The van der Waals surface area contributed by atoms with E-state index in [4.69, 9.17) is 0 Å². The topological polar surface area (TPSA) is 51.2 Å². The fourth-order valence-electron chi connectivity index (χ4n) is 7.49. The van der Waals surface area contributed by atoms with Crippen LogP contribution in [0.25, 0.3) is 0 Å². The summed E-state index contributed by atoms with van der Waals surface area (Å²) in [7, 11) is 0. The molecule has 25 heavy (non-hydrogen) atoms. The molecule has 7 atom stereocenters. The lowest BCUT2D eigenvalue weighted by Gasteiger charge is -2.58. The van der Waals surface area contributed by atoms with Crippen molar-refractivity contribution in [3.05, 3.63) is 11.6 Å². The highest BCUT2D eigenvalue weighted by Gasteiger charge is 2.63. The van der Waals surface area contributed by atoms with Gasteiger partial charge >= 0.3 is 0 Å². The fraction of sp³-hybridized carbons (Fsp3) is 0.773. The summed E-state index contributed by atoms with van der Waals surface area (Å²) < 4.78 is 0. The maximum absolute atomic E-state index is 13.4. The first-order valence-electron chi connectivity index (χ1n) is 9.96. The predicted molar refractivity (Wildman–Crippen MR) is 95.8 cm³/mol. The van der Waals surface area contributed by atoms with Gasteiger partial charge in [-0.15, -0.1) is 0 Å². The molecule has 136 valence electrons. The summed E-state index contributed by atoms with van der Waals surface area (Å²) in [6.07, 6.45) is 6.81. The van der Waals surface area contributed by atoms with E-state index in [1.807, 2.05) is 6.08 Å². The van der Waals surface area contributed by atoms with Crippen LogP contribution < -0.4 is 0 Å². The van der Waals surface area contributed by atoms with Gasteiger partial charge in [-0.3, -0.25) is 14.4 Å². The van der Waals surface area contributed by atoms with E-state index in [-0.39, 0.29) is 34.2 Å². The Kier molecular flexibility index (Phi) is 3.69. The van der Waals surface area contributed by atoms with Crippen LogP contribution in [-0.2, 0) is 14.4 Å². The molecule has 0 saturated heterocycles. The Morgan fingerprint density at radius 2 is 1.92 bits per heavy atom. The zero-order valence-corrected chi connectivity index (χ0v) is 15.9. The third kappa shape index (κ3) is 2.20. The lowest BCUT2D eigenvalue weighted by molar-refractivity contribution is -0.149. The molecule has 3 fully saturated rings. The number of Topliss-reactive ketones (excluding diaryl/α,β-unsaturated/α-hetero) is 2. The van der Waals surface area contributed by atoms with Crippen molar-refractivity contribution in [2.75, 3.05) is 0 Å². The lowest BCUT2D eigenvalue weighted by atomic mass is 9.45. The number of allylic oxidation sites excluding steroid dienone is 1. The van der Waals surface area contributed by atoms with Crippen molar-refractivity contribution in [2.45, 2.75) is 66.2 Å². The summed E-state index contributed by atoms with van der Waals surface area (Å²) in [6.45, 7) is 8.37. The van der Waals surface area contributed by atoms with Gasteiger partial charge in [0.2, 0.25) is 0 Å². The van der Waals surface area contributed by atoms with Crippen LogP contribution in [0.3, 0.4) is 0 Å². The predicted octanol–water partition coefficient (Wildman–Crippen LogP) is 4.15. The van der Waals surface area contributed by atoms with E-state index >= 15 is 0 Å². The molecule has 0 radical (unpaired) electrons. The van der Waals surface area contributed by atoms with Gasteiger partial charge in [-0.05, 0) is 67.3 Å². The van der Waals surface area contributed by atoms with Crippen molar-refractivity contribution in [2.24, 2.45) is 40.4 Å². The van der Waals surface area contributed by atoms with E-state index in [2.05, 4.69) is 20.8 Å². The summed E-state index contributed by atoms with van der Waals surface area (Å²) in [5.74, 6) is 2.15. The number of fused-ring (bicyclic) bond motifs is 5. The molecule has 0 aromatic rings. The van der Waals surface area contributed by atoms with E-state index < -0.39 is 0 Å². The van der Waals surface area contributed by atoms with Gasteiger partial charge in [0.1, 0.15) is 11.6 Å².